The highest BCUT2D eigenvalue weighted by molar-refractivity contribution is 7.98. The van der Waals surface area contributed by atoms with Crippen molar-refractivity contribution >= 4 is 33.4 Å². The van der Waals surface area contributed by atoms with E-state index in [9.17, 15) is 13.2 Å². The van der Waals surface area contributed by atoms with Gasteiger partial charge in [0.25, 0.3) is 0 Å². The predicted molar refractivity (Wildman–Crippen MR) is 123 cm³/mol. The molecule has 0 radical (unpaired) electrons. The molecule has 7 heteroatoms. The number of hydrogen-bond donors (Lipinski definition) is 1. The molecule has 0 aromatic heterocycles. The quantitative estimate of drug-likeness (QED) is 0.610. The van der Waals surface area contributed by atoms with Crippen LogP contribution < -0.4 is 9.62 Å². The van der Waals surface area contributed by atoms with Crippen molar-refractivity contribution in [2.75, 3.05) is 29.4 Å². The van der Waals surface area contributed by atoms with Crippen LogP contribution in [0, 0.1) is 0 Å². The third-order valence-electron chi connectivity index (χ3n) is 4.39. The maximum absolute atomic E-state index is 12.3. The van der Waals surface area contributed by atoms with E-state index in [0.29, 0.717) is 12.2 Å². The molecular formula is C22H30N2O3S2. The molecule has 0 heterocycles. The molecule has 0 unspecified atom stereocenters. The van der Waals surface area contributed by atoms with Crippen molar-refractivity contribution in [3.8, 4) is 0 Å². The van der Waals surface area contributed by atoms with Crippen LogP contribution in [0.1, 0.15) is 31.9 Å². The fraction of sp³-hybridized carbons (Fsp3) is 0.409. The number of carbonyl (C=O) groups excluding carboxylic acids is 1. The number of nitrogens with zero attached hydrogens (tertiary/aromatic N) is 1. The number of benzene rings is 2. The lowest BCUT2D eigenvalue weighted by Crippen LogP contribution is -2.41. The van der Waals surface area contributed by atoms with Crippen molar-refractivity contribution in [2.24, 2.45) is 0 Å². The van der Waals surface area contributed by atoms with Crippen LogP contribution >= 0.6 is 11.8 Å². The van der Waals surface area contributed by atoms with E-state index in [-0.39, 0.29) is 17.9 Å². The smallest absolute Gasteiger partial charge is 0.240 e. The third kappa shape index (κ3) is 7.74. The molecule has 5 nitrogen and oxygen atoms in total. The molecule has 0 saturated heterocycles. The summed E-state index contributed by atoms with van der Waals surface area (Å²) in [7, 11) is -3.57. The van der Waals surface area contributed by atoms with E-state index < -0.39 is 10.0 Å². The number of amides is 1. The molecule has 0 saturated carbocycles. The zero-order chi connectivity index (χ0) is 21.5. The largest absolute Gasteiger partial charge is 0.354 e. The highest BCUT2D eigenvalue weighted by atomic mass is 32.2. The van der Waals surface area contributed by atoms with Crippen LogP contribution in [0.25, 0.3) is 0 Å². The van der Waals surface area contributed by atoms with Crippen molar-refractivity contribution in [1.82, 2.24) is 5.32 Å². The summed E-state index contributed by atoms with van der Waals surface area (Å²) in [6, 6.07) is 17.5. The molecule has 1 N–H and O–H groups in total. The Morgan fingerprint density at radius 3 is 2.21 bits per heavy atom. The lowest BCUT2D eigenvalue weighted by atomic mass is 9.87. The molecule has 2 rings (SSSR count). The highest BCUT2D eigenvalue weighted by Gasteiger charge is 2.21. The van der Waals surface area contributed by atoms with Crippen LogP contribution in [0.5, 0.6) is 0 Å². The summed E-state index contributed by atoms with van der Waals surface area (Å²) in [5.74, 6) is 1.34. The van der Waals surface area contributed by atoms with E-state index in [1.165, 1.54) is 5.56 Å². The fourth-order valence-electron chi connectivity index (χ4n) is 2.74. The van der Waals surface area contributed by atoms with Crippen molar-refractivity contribution in [2.45, 2.75) is 31.9 Å². The molecule has 2 aromatic carbocycles. The molecule has 158 valence electrons. The second-order valence-electron chi connectivity index (χ2n) is 7.95. The topological polar surface area (TPSA) is 66.5 Å². The first-order valence-electron chi connectivity index (χ1n) is 9.54. The Morgan fingerprint density at radius 2 is 1.66 bits per heavy atom. The van der Waals surface area contributed by atoms with Gasteiger partial charge in [-0.15, -0.1) is 0 Å². The minimum atomic E-state index is -3.57. The molecule has 0 aliphatic carbocycles. The first-order chi connectivity index (χ1) is 13.6. The molecule has 1 amide bonds. The van der Waals surface area contributed by atoms with Crippen LogP contribution in [0.3, 0.4) is 0 Å². The number of anilines is 1. The van der Waals surface area contributed by atoms with E-state index in [2.05, 4.69) is 38.2 Å². The lowest BCUT2D eigenvalue weighted by molar-refractivity contribution is -0.119. The standard InChI is InChI=1S/C22H30N2O3S2/c1-22(2,3)19-10-12-20(13-11-19)24(29(4,26)27)16-21(25)23-14-15-28-17-18-8-6-5-7-9-18/h5-13H,14-17H2,1-4H3,(H,23,25). The summed E-state index contributed by atoms with van der Waals surface area (Å²) in [5.41, 5.74) is 2.82. The van der Waals surface area contributed by atoms with Crippen LogP contribution in [0.2, 0.25) is 0 Å². The van der Waals surface area contributed by atoms with E-state index in [0.717, 1.165) is 27.6 Å². The first kappa shape index (κ1) is 23.3. The number of hydrogen-bond acceptors (Lipinski definition) is 4. The van der Waals surface area contributed by atoms with Crippen molar-refractivity contribution in [3.63, 3.8) is 0 Å². The second kappa shape index (κ2) is 10.2. The lowest BCUT2D eigenvalue weighted by Gasteiger charge is -2.24. The van der Waals surface area contributed by atoms with Crippen LogP contribution in [0.15, 0.2) is 54.6 Å². The zero-order valence-electron chi connectivity index (χ0n) is 17.5. The van der Waals surface area contributed by atoms with Gasteiger partial charge in [0.05, 0.1) is 11.9 Å². The van der Waals surface area contributed by atoms with Crippen LogP contribution in [-0.2, 0) is 26.0 Å². The van der Waals surface area contributed by atoms with Gasteiger partial charge in [-0.25, -0.2) is 8.42 Å². The molecule has 0 atom stereocenters. The van der Waals surface area contributed by atoms with Gasteiger partial charge in [0.15, 0.2) is 0 Å². The van der Waals surface area contributed by atoms with E-state index >= 15 is 0 Å². The van der Waals surface area contributed by atoms with Crippen molar-refractivity contribution < 1.29 is 13.2 Å². The van der Waals surface area contributed by atoms with Gasteiger partial charge in [-0.3, -0.25) is 9.10 Å². The number of carbonyl (C=O) groups is 1. The van der Waals surface area contributed by atoms with Gasteiger partial charge in [-0.05, 0) is 28.7 Å². The fourth-order valence-corrected chi connectivity index (χ4v) is 4.42. The Bertz CT molecular complexity index is 890. The maximum atomic E-state index is 12.3. The Labute approximate surface area is 178 Å². The number of thioether (sulfide) groups is 1. The van der Waals surface area contributed by atoms with Crippen molar-refractivity contribution in [1.29, 1.82) is 0 Å². The van der Waals surface area contributed by atoms with Gasteiger partial charge in [-0.2, -0.15) is 11.8 Å². The molecule has 0 bridgehead atoms. The predicted octanol–water partition coefficient (Wildman–Crippen LogP) is 3.80. The SMILES string of the molecule is CC(C)(C)c1ccc(N(CC(=O)NCCSCc2ccccc2)S(C)(=O)=O)cc1. The summed E-state index contributed by atoms with van der Waals surface area (Å²) >= 11 is 1.73. The molecule has 0 aliphatic rings. The van der Waals surface area contributed by atoms with Gasteiger partial charge >= 0.3 is 0 Å². The van der Waals surface area contributed by atoms with Gasteiger partial charge < -0.3 is 5.32 Å². The second-order valence-corrected chi connectivity index (χ2v) is 11.0. The summed E-state index contributed by atoms with van der Waals surface area (Å²) < 4.78 is 25.6. The molecule has 2 aromatic rings. The number of rotatable bonds is 9. The van der Waals surface area contributed by atoms with E-state index in [4.69, 9.17) is 0 Å². The Morgan fingerprint density at radius 1 is 1.03 bits per heavy atom. The van der Waals surface area contributed by atoms with Gasteiger partial charge in [0.2, 0.25) is 15.9 Å². The average Bonchev–Trinajstić information content (AvgIpc) is 2.65. The third-order valence-corrected chi connectivity index (χ3v) is 6.56. The molecule has 0 aliphatic heterocycles. The number of sulfonamides is 1. The van der Waals surface area contributed by atoms with Gasteiger partial charge in [0.1, 0.15) is 6.54 Å². The first-order valence-corrected chi connectivity index (χ1v) is 12.5. The van der Waals surface area contributed by atoms with Gasteiger partial charge in [-0.1, -0.05) is 63.2 Å². The Hall–Kier alpha value is -1.99. The van der Waals surface area contributed by atoms with Crippen LogP contribution in [-0.4, -0.2) is 39.4 Å². The van der Waals surface area contributed by atoms with Crippen LogP contribution in [0.4, 0.5) is 5.69 Å². The van der Waals surface area contributed by atoms with E-state index in [1.54, 1.807) is 23.9 Å². The Balaban J connectivity index is 1.88. The molecule has 29 heavy (non-hydrogen) atoms. The summed E-state index contributed by atoms with van der Waals surface area (Å²) in [6.07, 6.45) is 1.12. The highest BCUT2D eigenvalue weighted by Crippen LogP contribution is 2.25. The summed E-state index contributed by atoms with van der Waals surface area (Å²) in [4.78, 5) is 12.3. The minimum Gasteiger partial charge on any atom is -0.354 e. The zero-order valence-corrected chi connectivity index (χ0v) is 19.1. The normalized spacial score (nSPS) is 11.9. The maximum Gasteiger partial charge on any atom is 0.240 e. The molecule has 0 fully saturated rings. The minimum absolute atomic E-state index is 0.0246. The van der Waals surface area contributed by atoms with E-state index in [1.807, 2.05) is 30.3 Å². The molecule has 0 spiro atoms. The average molecular weight is 435 g/mol. The van der Waals surface area contributed by atoms with Gasteiger partial charge in [0, 0.05) is 18.1 Å². The molecular weight excluding hydrogens is 404 g/mol. The van der Waals surface area contributed by atoms with Crippen molar-refractivity contribution in [3.05, 3.63) is 65.7 Å². The number of nitrogens with one attached hydrogen (secondary N) is 1. The Kier molecular flexibility index (Phi) is 8.16. The summed E-state index contributed by atoms with van der Waals surface area (Å²) in [6.45, 7) is 6.56. The summed E-state index contributed by atoms with van der Waals surface area (Å²) in [5, 5.41) is 2.81. The monoisotopic (exact) mass is 434 g/mol.